The summed E-state index contributed by atoms with van der Waals surface area (Å²) in [6, 6.07) is 6.31. The normalized spacial score (nSPS) is 12.2. The Morgan fingerprint density at radius 3 is 2.94 bits per heavy atom. The SMILES string of the molecule is CC(Cc1cccc(F)c1)C(=O)NCCN. The van der Waals surface area contributed by atoms with Crippen LogP contribution in [0.15, 0.2) is 24.3 Å². The monoisotopic (exact) mass is 224 g/mol. The Morgan fingerprint density at radius 2 is 2.31 bits per heavy atom. The molecular formula is C12H17FN2O. The number of nitrogens with two attached hydrogens (primary N) is 1. The highest BCUT2D eigenvalue weighted by Crippen LogP contribution is 2.10. The summed E-state index contributed by atoms with van der Waals surface area (Å²) in [6.07, 6.45) is 0.536. The van der Waals surface area contributed by atoms with Gasteiger partial charge in [0.25, 0.3) is 0 Å². The van der Waals surface area contributed by atoms with Gasteiger partial charge in [-0.25, -0.2) is 4.39 Å². The quantitative estimate of drug-likeness (QED) is 0.786. The lowest BCUT2D eigenvalue weighted by Crippen LogP contribution is -2.34. The first-order chi connectivity index (χ1) is 7.63. The third-order valence-electron chi connectivity index (χ3n) is 2.32. The first kappa shape index (κ1) is 12.6. The van der Waals surface area contributed by atoms with E-state index in [4.69, 9.17) is 5.73 Å². The highest BCUT2D eigenvalue weighted by Gasteiger charge is 2.12. The fourth-order valence-corrected chi connectivity index (χ4v) is 1.48. The second-order valence-corrected chi connectivity index (χ2v) is 3.81. The van der Waals surface area contributed by atoms with Gasteiger partial charge in [-0.05, 0) is 24.1 Å². The van der Waals surface area contributed by atoms with E-state index < -0.39 is 0 Å². The minimum absolute atomic E-state index is 0.0466. The summed E-state index contributed by atoms with van der Waals surface area (Å²) in [5.74, 6) is -0.491. The molecule has 3 nitrogen and oxygen atoms in total. The first-order valence-electron chi connectivity index (χ1n) is 5.35. The summed E-state index contributed by atoms with van der Waals surface area (Å²) < 4.78 is 12.9. The molecule has 0 saturated heterocycles. The molecule has 0 aliphatic heterocycles. The molecule has 1 aromatic rings. The van der Waals surface area contributed by atoms with Crippen molar-refractivity contribution in [2.75, 3.05) is 13.1 Å². The smallest absolute Gasteiger partial charge is 0.223 e. The topological polar surface area (TPSA) is 55.1 Å². The minimum Gasteiger partial charge on any atom is -0.355 e. The second kappa shape index (κ2) is 6.23. The molecule has 88 valence electrons. The van der Waals surface area contributed by atoms with Crippen LogP contribution in [0.25, 0.3) is 0 Å². The Morgan fingerprint density at radius 1 is 1.56 bits per heavy atom. The molecule has 1 rings (SSSR count). The van der Waals surface area contributed by atoms with Gasteiger partial charge >= 0.3 is 0 Å². The zero-order valence-electron chi connectivity index (χ0n) is 9.37. The molecular weight excluding hydrogens is 207 g/mol. The maximum absolute atomic E-state index is 12.9. The molecule has 1 aromatic carbocycles. The summed E-state index contributed by atoms with van der Waals surface area (Å²) in [6.45, 7) is 2.72. The predicted octanol–water partition coefficient (Wildman–Crippen LogP) is 1.08. The summed E-state index contributed by atoms with van der Waals surface area (Å²) in [4.78, 5) is 11.5. The Kier molecular flexibility index (Phi) is 4.92. The first-order valence-corrected chi connectivity index (χ1v) is 5.35. The number of benzene rings is 1. The van der Waals surface area contributed by atoms with Gasteiger partial charge in [0, 0.05) is 19.0 Å². The minimum atomic E-state index is -0.271. The lowest BCUT2D eigenvalue weighted by atomic mass is 10.0. The van der Waals surface area contributed by atoms with E-state index in [0.717, 1.165) is 5.56 Å². The number of hydrogen-bond acceptors (Lipinski definition) is 2. The lowest BCUT2D eigenvalue weighted by Gasteiger charge is -2.11. The summed E-state index contributed by atoms with van der Waals surface area (Å²) >= 11 is 0. The molecule has 4 heteroatoms. The van der Waals surface area contributed by atoms with Crippen molar-refractivity contribution in [3.05, 3.63) is 35.6 Å². The molecule has 0 aromatic heterocycles. The number of amides is 1. The van der Waals surface area contributed by atoms with Crippen LogP contribution in [0.4, 0.5) is 4.39 Å². The van der Waals surface area contributed by atoms with E-state index >= 15 is 0 Å². The zero-order chi connectivity index (χ0) is 12.0. The Bertz CT molecular complexity index is 355. The Hall–Kier alpha value is -1.42. The predicted molar refractivity (Wildman–Crippen MR) is 61.3 cm³/mol. The van der Waals surface area contributed by atoms with Crippen molar-refractivity contribution in [2.24, 2.45) is 11.7 Å². The van der Waals surface area contributed by atoms with Crippen LogP contribution in [-0.4, -0.2) is 19.0 Å². The van der Waals surface area contributed by atoms with E-state index in [1.807, 2.05) is 13.0 Å². The molecule has 0 aliphatic rings. The van der Waals surface area contributed by atoms with Gasteiger partial charge in [0.05, 0.1) is 0 Å². The molecule has 0 aliphatic carbocycles. The van der Waals surface area contributed by atoms with Crippen LogP contribution >= 0.6 is 0 Å². The molecule has 0 fully saturated rings. The van der Waals surface area contributed by atoms with Crippen LogP contribution in [0.5, 0.6) is 0 Å². The number of halogens is 1. The standard InChI is InChI=1S/C12H17FN2O/c1-9(12(16)15-6-5-14)7-10-3-2-4-11(13)8-10/h2-4,8-9H,5-7,14H2,1H3,(H,15,16). The summed E-state index contributed by atoms with van der Waals surface area (Å²) in [7, 11) is 0. The van der Waals surface area contributed by atoms with Gasteiger partial charge in [-0.3, -0.25) is 4.79 Å². The molecule has 16 heavy (non-hydrogen) atoms. The van der Waals surface area contributed by atoms with Crippen LogP contribution in [-0.2, 0) is 11.2 Å². The van der Waals surface area contributed by atoms with Crippen LogP contribution in [0.1, 0.15) is 12.5 Å². The molecule has 0 radical (unpaired) electrons. The highest BCUT2D eigenvalue weighted by molar-refractivity contribution is 5.78. The maximum atomic E-state index is 12.9. The second-order valence-electron chi connectivity index (χ2n) is 3.81. The van der Waals surface area contributed by atoms with Gasteiger partial charge in [-0.1, -0.05) is 19.1 Å². The number of nitrogens with one attached hydrogen (secondary N) is 1. The average Bonchev–Trinajstić information content (AvgIpc) is 2.25. The summed E-state index contributed by atoms with van der Waals surface area (Å²) in [5.41, 5.74) is 6.11. The molecule has 1 amide bonds. The molecule has 0 saturated carbocycles. The van der Waals surface area contributed by atoms with E-state index in [0.29, 0.717) is 19.5 Å². The number of hydrogen-bond donors (Lipinski definition) is 2. The molecule has 1 atom stereocenters. The maximum Gasteiger partial charge on any atom is 0.223 e. The number of carbonyl (C=O) groups is 1. The number of rotatable bonds is 5. The molecule has 3 N–H and O–H groups in total. The fourth-order valence-electron chi connectivity index (χ4n) is 1.48. The van der Waals surface area contributed by atoms with E-state index in [1.165, 1.54) is 12.1 Å². The zero-order valence-corrected chi connectivity index (χ0v) is 9.37. The van der Waals surface area contributed by atoms with E-state index in [2.05, 4.69) is 5.32 Å². The van der Waals surface area contributed by atoms with Gasteiger partial charge in [0.1, 0.15) is 5.82 Å². The van der Waals surface area contributed by atoms with Crippen LogP contribution < -0.4 is 11.1 Å². The molecule has 0 heterocycles. The van der Waals surface area contributed by atoms with Gasteiger partial charge in [-0.15, -0.1) is 0 Å². The molecule has 0 bridgehead atoms. The number of carbonyl (C=O) groups excluding carboxylic acids is 1. The van der Waals surface area contributed by atoms with Gasteiger partial charge < -0.3 is 11.1 Å². The molecule has 1 unspecified atom stereocenters. The van der Waals surface area contributed by atoms with Crippen molar-refractivity contribution in [3.63, 3.8) is 0 Å². The Labute approximate surface area is 94.8 Å². The fraction of sp³-hybridized carbons (Fsp3) is 0.417. The van der Waals surface area contributed by atoms with Crippen LogP contribution in [0.2, 0.25) is 0 Å². The summed E-state index contributed by atoms with van der Waals surface area (Å²) in [5, 5.41) is 2.71. The van der Waals surface area contributed by atoms with Crippen molar-refractivity contribution in [2.45, 2.75) is 13.3 Å². The van der Waals surface area contributed by atoms with Crippen LogP contribution in [0.3, 0.4) is 0 Å². The lowest BCUT2D eigenvalue weighted by molar-refractivity contribution is -0.124. The average molecular weight is 224 g/mol. The highest BCUT2D eigenvalue weighted by atomic mass is 19.1. The van der Waals surface area contributed by atoms with Gasteiger partial charge in [-0.2, -0.15) is 0 Å². The van der Waals surface area contributed by atoms with Crippen molar-refractivity contribution >= 4 is 5.91 Å². The van der Waals surface area contributed by atoms with Crippen molar-refractivity contribution in [3.8, 4) is 0 Å². The largest absolute Gasteiger partial charge is 0.355 e. The van der Waals surface area contributed by atoms with E-state index in [1.54, 1.807) is 6.07 Å². The van der Waals surface area contributed by atoms with E-state index in [-0.39, 0.29) is 17.6 Å². The Balaban J connectivity index is 2.50. The van der Waals surface area contributed by atoms with Gasteiger partial charge in [0.2, 0.25) is 5.91 Å². The van der Waals surface area contributed by atoms with Crippen molar-refractivity contribution < 1.29 is 9.18 Å². The third-order valence-corrected chi connectivity index (χ3v) is 2.32. The van der Waals surface area contributed by atoms with Crippen LogP contribution in [0, 0.1) is 11.7 Å². The van der Waals surface area contributed by atoms with Gasteiger partial charge in [0.15, 0.2) is 0 Å². The van der Waals surface area contributed by atoms with Crippen molar-refractivity contribution in [1.82, 2.24) is 5.32 Å². The molecule has 0 spiro atoms. The third kappa shape index (κ3) is 3.98. The van der Waals surface area contributed by atoms with E-state index in [9.17, 15) is 9.18 Å². The van der Waals surface area contributed by atoms with Crippen molar-refractivity contribution in [1.29, 1.82) is 0 Å².